The number of anilines is 2. The molecule has 0 saturated heterocycles. The van der Waals surface area contributed by atoms with Crippen molar-refractivity contribution >= 4 is 51.5 Å². The van der Waals surface area contributed by atoms with Gasteiger partial charge >= 0.3 is 12.2 Å². The van der Waals surface area contributed by atoms with Gasteiger partial charge in [-0.3, -0.25) is 4.98 Å². The highest BCUT2D eigenvalue weighted by molar-refractivity contribution is 6.34. The number of alkyl halides is 3. The topological polar surface area (TPSA) is 85.0 Å². The van der Waals surface area contributed by atoms with Gasteiger partial charge in [0.1, 0.15) is 18.1 Å². The average Bonchev–Trinajstić information content (AvgIpc) is 3.75. The smallest absolute Gasteiger partial charge is 0.417 e. The molecule has 1 aromatic heterocycles. The Morgan fingerprint density at radius 2 is 1.74 bits per heavy atom. The molecule has 3 aromatic carbocycles. The molecule has 0 atom stereocenters. The van der Waals surface area contributed by atoms with Gasteiger partial charge in [-0.05, 0) is 69.4 Å². The molecule has 1 aliphatic carbocycles. The number of benzene rings is 3. The molecule has 1 saturated carbocycles. The summed E-state index contributed by atoms with van der Waals surface area (Å²) in [5.74, 6) is 1.97. The van der Waals surface area contributed by atoms with Gasteiger partial charge in [0, 0.05) is 29.4 Å². The van der Waals surface area contributed by atoms with Gasteiger partial charge in [0.15, 0.2) is 11.5 Å². The molecule has 43 heavy (non-hydrogen) atoms. The van der Waals surface area contributed by atoms with E-state index in [1.807, 2.05) is 20.2 Å². The summed E-state index contributed by atoms with van der Waals surface area (Å²) in [6.45, 7) is 0.531. The normalized spacial score (nSPS) is 14.0. The Kier molecular flexibility index (Phi) is 8.51. The molecular formula is C30H27Cl2F3N4O4. The first-order chi connectivity index (χ1) is 20.4. The molecule has 4 aromatic rings. The number of ether oxygens (including phenoxy) is 3. The fraction of sp³-hybridized carbons (Fsp3) is 0.267. The van der Waals surface area contributed by atoms with Crippen LogP contribution in [0.4, 0.5) is 29.3 Å². The molecule has 226 valence electrons. The maximum atomic E-state index is 13.1. The fourth-order valence-corrected chi connectivity index (χ4v) is 4.90. The highest BCUT2D eigenvalue weighted by Crippen LogP contribution is 2.43. The van der Waals surface area contributed by atoms with E-state index in [4.69, 9.17) is 37.4 Å². The number of rotatable bonds is 9. The van der Waals surface area contributed by atoms with Gasteiger partial charge < -0.3 is 29.7 Å². The van der Waals surface area contributed by atoms with Crippen LogP contribution < -0.4 is 24.8 Å². The number of aromatic nitrogens is 1. The third kappa shape index (κ3) is 6.84. The summed E-state index contributed by atoms with van der Waals surface area (Å²) in [6, 6.07) is 12.2. The Bertz CT molecular complexity index is 1680. The summed E-state index contributed by atoms with van der Waals surface area (Å²) < 4.78 is 57.3. The molecule has 0 radical (unpaired) electrons. The van der Waals surface area contributed by atoms with Crippen LogP contribution in [0.25, 0.3) is 10.9 Å². The van der Waals surface area contributed by atoms with E-state index in [2.05, 4.69) is 20.5 Å². The minimum atomic E-state index is -4.67. The van der Waals surface area contributed by atoms with Crippen molar-refractivity contribution in [2.24, 2.45) is 0 Å². The van der Waals surface area contributed by atoms with E-state index in [1.165, 1.54) is 18.2 Å². The zero-order valence-corrected chi connectivity index (χ0v) is 24.8. The third-order valence-corrected chi connectivity index (χ3v) is 7.85. The number of fused-ring (bicyclic) bond motifs is 1. The van der Waals surface area contributed by atoms with Crippen LogP contribution >= 0.6 is 23.2 Å². The number of methoxy groups -OCH3 is 1. The van der Waals surface area contributed by atoms with E-state index in [1.54, 1.807) is 31.5 Å². The van der Waals surface area contributed by atoms with Crippen molar-refractivity contribution in [2.75, 3.05) is 38.4 Å². The summed E-state index contributed by atoms with van der Waals surface area (Å²) in [6.07, 6.45) is -0.923. The molecule has 1 fully saturated rings. The summed E-state index contributed by atoms with van der Waals surface area (Å²) >= 11 is 12.0. The number of pyridine rings is 1. The molecule has 0 bridgehead atoms. The number of amides is 2. The van der Waals surface area contributed by atoms with Crippen LogP contribution in [0.3, 0.4) is 0 Å². The maximum Gasteiger partial charge on any atom is 0.417 e. The molecular weight excluding hydrogens is 608 g/mol. The van der Waals surface area contributed by atoms with Crippen LogP contribution in [0, 0.1) is 0 Å². The van der Waals surface area contributed by atoms with E-state index in [0.717, 1.165) is 25.0 Å². The minimum Gasteiger partial charge on any atom is -0.493 e. The van der Waals surface area contributed by atoms with Crippen LogP contribution in [-0.4, -0.2) is 49.3 Å². The van der Waals surface area contributed by atoms with E-state index in [0.29, 0.717) is 40.5 Å². The Morgan fingerprint density at radius 1 is 0.977 bits per heavy atom. The second-order valence-corrected chi connectivity index (χ2v) is 11.1. The van der Waals surface area contributed by atoms with Gasteiger partial charge in [-0.2, -0.15) is 13.2 Å². The largest absolute Gasteiger partial charge is 0.493 e. The van der Waals surface area contributed by atoms with E-state index in [9.17, 15) is 18.0 Å². The van der Waals surface area contributed by atoms with E-state index >= 15 is 0 Å². The van der Waals surface area contributed by atoms with Gasteiger partial charge in [0.2, 0.25) is 0 Å². The predicted octanol–water partition coefficient (Wildman–Crippen LogP) is 8.48. The first-order valence-corrected chi connectivity index (χ1v) is 13.8. The van der Waals surface area contributed by atoms with Gasteiger partial charge in [0.05, 0.1) is 39.5 Å². The monoisotopic (exact) mass is 634 g/mol. The second-order valence-electron chi connectivity index (χ2n) is 10.3. The molecule has 0 unspecified atom stereocenters. The van der Waals surface area contributed by atoms with Crippen molar-refractivity contribution < 1.29 is 32.2 Å². The van der Waals surface area contributed by atoms with Gasteiger partial charge in [0.25, 0.3) is 0 Å². The van der Waals surface area contributed by atoms with Crippen molar-refractivity contribution in [1.29, 1.82) is 0 Å². The highest BCUT2D eigenvalue weighted by atomic mass is 35.5. The molecule has 2 amide bonds. The Hall–Kier alpha value is -3.93. The van der Waals surface area contributed by atoms with Crippen LogP contribution in [0.5, 0.6) is 23.0 Å². The zero-order valence-electron chi connectivity index (χ0n) is 23.3. The molecule has 2 N–H and O–H groups in total. The van der Waals surface area contributed by atoms with Gasteiger partial charge in [-0.15, -0.1) is 0 Å². The van der Waals surface area contributed by atoms with Crippen molar-refractivity contribution in [3.8, 4) is 23.0 Å². The molecule has 0 aliphatic heterocycles. The van der Waals surface area contributed by atoms with E-state index < -0.39 is 22.8 Å². The lowest BCUT2D eigenvalue weighted by Crippen LogP contribution is -2.35. The standard InChI is InChI=1S/C30H27Cl2F3N4O4/c1-39(2)29(9-10-29)16-42-27-15-24-19(14-26(27)41-3)25(8-11-36-24)43-18-5-7-23(22(32)13-18)38-28(40)37-17-4-6-21(31)20(12-17)30(33,34)35/h4-8,11-15H,9-10,16H2,1-3H3,(H2,37,38,40). The van der Waals surface area contributed by atoms with Crippen LogP contribution in [0.2, 0.25) is 10.0 Å². The summed E-state index contributed by atoms with van der Waals surface area (Å²) in [4.78, 5) is 19.1. The van der Waals surface area contributed by atoms with Crippen molar-refractivity contribution in [3.05, 3.63) is 76.4 Å². The van der Waals surface area contributed by atoms with Crippen LogP contribution in [0.1, 0.15) is 18.4 Å². The fourth-order valence-electron chi connectivity index (χ4n) is 4.46. The van der Waals surface area contributed by atoms with Gasteiger partial charge in [-0.1, -0.05) is 23.2 Å². The number of nitrogens with zero attached hydrogens (tertiary/aromatic N) is 2. The summed E-state index contributed by atoms with van der Waals surface area (Å²) in [7, 11) is 5.65. The Labute approximate surface area is 255 Å². The molecule has 1 heterocycles. The quantitative estimate of drug-likeness (QED) is 0.192. The van der Waals surface area contributed by atoms with Crippen molar-refractivity contribution in [3.63, 3.8) is 0 Å². The maximum absolute atomic E-state index is 13.1. The zero-order chi connectivity index (χ0) is 30.9. The number of hydrogen-bond acceptors (Lipinski definition) is 6. The minimum absolute atomic E-state index is 0.0335. The Morgan fingerprint density at radius 3 is 2.40 bits per heavy atom. The number of hydrogen-bond donors (Lipinski definition) is 2. The van der Waals surface area contributed by atoms with E-state index in [-0.39, 0.29) is 21.9 Å². The average molecular weight is 635 g/mol. The lowest BCUT2D eigenvalue weighted by Gasteiger charge is -2.24. The lowest BCUT2D eigenvalue weighted by molar-refractivity contribution is -0.137. The molecule has 1 aliphatic rings. The number of carbonyl (C=O) groups is 1. The number of carbonyl (C=O) groups excluding carboxylic acids is 1. The Balaban J connectivity index is 1.29. The van der Waals surface area contributed by atoms with Crippen molar-refractivity contribution in [2.45, 2.75) is 24.6 Å². The van der Waals surface area contributed by atoms with Gasteiger partial charge in [-0.25, -0.2) is 4.79 Å². The highest BCUT2D eigenvalue weighted by Gasteiger charge is 2.45. The first-order valence-electron chi connectivity index (χ1n) is 13.1. The lowest BCUT2D eigenvalue weighted by atomic mass is 10.1. The van der Waals surface area contributed by atoms with Crippen molar-refractivity contribution in [1.82, 2.24) is 9.88 Å². The number of urea groups is 1. The molecule has 13 heteroatoms. The summed E-state index contributed by atoms with van der Waals surface area (Å²) in [5, 5.41) is 5.20. The van der Waals surface area contributed by atoms with Crippen LogP contribution in [0.15, 0.2) is 60.8 Å². The third-order valence-electron chi connectivity index (χ3n) is 7.21. The SMILES string of the molecule is COc1cc2c(Oc3ccc(NC(=O)Nc4ccc(Cl)c(C(F)(F)F)c4)c(Cl)c3)ccnc2cc1OCC1(N(C)C)CC1. The predicted molar refractivity (Wildman–Crippen MR) is 160 cm³/mol. The molecule has 0 spiro atoms. The molecule has 8 nitrogen and oxygen atoms in total. The van der Waals surface area contributed by atoms with Crippen LogP contribution in [-0.2, 0) is 6.18 Å². The number of likely N-dealkylation sites (N-methyl/N-ethyl adjacent to an activating group) is 1. The molecule has 5 rings (SSSR count). The first kappa shape index (κ1) is 30.5. The number of nitrogens with one attached hydrogen (secondary N) is 2. The number of halogens is 5. The second kappa shape index (κ2) is 12.0. The summed E-state index contributed by atoms with van der Waals surface area (Å²) in [5.41, 5.74) is -0.270.